The Balaban J connectivity index is 1.89. The Hall–Kier alpha value is -2.96. The highest BCUT2D eigenvalue weighted by Gasteiger charge is 2.08. The molecule has 7 nitrogen and oxygen atoms in total. The van der Waals surface area contributed by atoms with Gasteiger partial charge in [0.2, 0.25) is 11.8 Å². The van der Waals surface area contributed by atoms with Crippen molar-refractivity contribution in [2.24, 2.45) is 11.7 Å². The van der Waals surface area contributed by atoms with Crippen LogP contribution in [0.5, 0.6) is 11.6 Å². The molecule has 2 N–H and O–H groups in total. The summed E-state index contributed by atoms with van der Waals surface area (Å²) in [5.41, 5.74) is 6.24. The fraction of sp³-hybridized carbons (Fsp3) is 0.294. The van der Waals surface area contributed by atoms with E-state index in [9.17, 15) is 14.9 Å². The van der Waals surface area contributed by atoms with Crippen LogP contribution < -0.4 is 10.5 Å². The van der Waals surface area contributed by atoms with Gasteiger partial charge in [0.15, 0.2) is 0 Å². The minimum atomic E-state index is -0.509. The Morgan fingerprint density at radius 2 is 2.00 bits per heavy atom. The van der Waals surface area contributed by atoms with Crippen LogP contribution in [0.15, 0.2) is 42.6 Å². The van der Waals surface area contributed by atoms with E-state index in [0.29, 0.717) is 18.1 Å². The first-order valence-corrected chi connectivity index (χ1v) is 7.59. The number of aryl methyl sites for hydroxylation is 1. The first-order valence-electron chi connectivity index (χ1n) is 7.59. The largest absolute Gasteiger partial charge is 0.439 e. The molecule has 0 spiro atoms. The highest BCUT2D eigenvalue weighted by molar-refractivity contribution is 5.73. The molecular formula is C17H19N3O4. The average Bonchev–Trinajstić information content (AvgIpc) is 2.54. The van der Waals surface area contributed by atoms with Gasteiger partial charge in [-0.05, 0) is 36.5 Å². The zero-order valence-electron chi connectivity index (χ0n) is 13.3. The second-order valence-corrected chi connectivity index (χ2v) is 5.67. The summed E-state index contributed by atoms with van der Waals surface area (Å²) in [6, 6.07) is 10.3. The molecule has 1 amide bonds. The van der Waals surface area contributed by atoms with Crippen molar-refractivity contribution in [3.63, 3.8) is 0 Å². The SMILES string of the molecule is C[C@@H](CCc1ccc(Oc2ccc([N+](=O)[O-])cn2)cc1)CC(N)=O. The predicted octanol–water partition coefficient (Wildman–Crippen LogP) is 3.23. The van der Waals surface area contributed by atoms with E-state index < -0.39 is 4.92 Å². The number of carbonyl (C=O) groups is 1. The Morgan fingerprint density at radius 1 is 1.29 bits per heavy atom. The second kappa shape index (κ2) is 8.05. The van der Waals surface area contributed by atoms with Gasteiger partial charge in [0.25, 0.3) is 5.69 Å². The molecule has 2 aromatic rings. The smallest absolute Gasteiger partial charge is 0.287 e. The molecule has 0 unspecified atom stereocenters. The number of nitro groups is 1. The predicted molar refractivity (Wildman–Crippen MR) is 88.7 cm³/mol. The van der Waals surface area contributed by atoms with Gasteiger partial charge in [0.1, 0.15) is 11.9 Å². The molecule has 126 valence electrons. The summed E-state index contributed by atoms with van der Waals surface area (Å²) >= 11 is 0. The van der Waals surface area contributed by atoms with Crippen molar-refractivity contribution in [3.05, 3.63) is 58.3 Å². The van der Waals surface area contributed by atoms with Crippen LogP contribution in [0.25, 0.3) is 0 Å². The first kappa shape index (κ1) is 17.4. The Bertz CT molecular complexity index is 699. The highest BCUT2D eigenvalue weighted by Crippen LogP contribution is 2.22. The molecule has 1 aromatic carbocycles. The number of nitrogens with two attached hydrogens (primary N) is 1. The van der Waals surface area contributed by atoms with Gasteiger partial charge in [-0.15, -0.1) is 0 Å². The molecule has 2 rings (SSSR count). The first-order chi connectivity index (χ1) is 11.4. The molecule has 0 aliphatic heterocycles. The number of hydrogen-bond donors (Lipinski definition) is 1. The fourth-order valence-corrected chi connectivity index (χ4v) is 2.24. The van der Waals surface area contributed by atoms with Gasteiger partial charge in [0.05, 0.1) is 4.92 Å². The molecule has 7 heteroatoms. The van der Waals surface area contributed by atoms with Crippen LogP contribution in [0.2, 0.25) is 0 Å². The molecule has 0 fully saturated rings. The molecule has 0 aliphatic carbocycles. The van der Waals surface area contributed by atoms with E-state index in [2.05, 4.69) is 4.98 Å². The van der Waals surface area contributed by atoms with Gasteiger partial charge in [-0.3, -0.25) is 14.9 Å². The number of aromatic nitrogens is 1. The maximum absolute atomic E-state index is 10.9. The summed E-state index contributed by atoms with van der Waals surface area (Å²) in [6.45, 7) is 2.00. The highest BCUT2D eigenvalue weighted by atomic mass is 16.6. The lowest BCUT2D eigenvalue weighted by Crippen LogP contribution is -2.15. The van der Waals surface area contributed by atoms with Gasteiger partial charge in [0, 0.05) is 18.6 Å². The topological polar surface area (TPSA) is 108 Å². The minimum absolute atomic E-state index is 0.0808. The summed E-state index contributed by atoms with van der Waals surface area (Å²) < 4.78 is 5.55. The maximum Gasteiger partial charge on any atom is 0.287 e. The zero-order chi connectivity index (χ0) is 17.5. The minimum Gasteiger partial charge on any atom is -0.439 e. The fourth-order valence-electron chi connectivity index (χ4n) is 2.24. The quantitative estimate of drug-likeness (QED) is 0.591. The monoisotopic (exact) mass is 329 g/mol. The molecule has 0 saturated carbocycles. The number of benzene rings is 1. The number of primary amides is 1. The van der Waals surface area contributed by atoms with Crippen molar-refractivity contribution in [1.29, 1.82) is 0 Å². The molecule has 1 aromatic heterocycles. The molecule has 0 aliphatic rings. The van der Waals surface area contributed by atoms with Gasteiger partial charge in [-0.1, -0.05) is 19.1 Å². The van der Waals surface area contributed by atoms with Gasteiger partial charge in [-0.25, -0.2) is 4.98 Å². The van der Waals surface area contributed by atoms with Crippen LogP contribution in [-0.4, -0.2) is 15.8 Å². The Kier molecular flexibility index (Phi) is 5.83. The number of rotatable bonds is 8. The third-order valence-electron chi connectivity index (χ3n) is 3.55. The lowest BCUT2D eigenvalue weighted by atomic mass is 9.98. The number of hydrogen-bond acceptors (Lipinski definition) is 5. The van der Waals surface area contributed by atoms with E-state index in [1.807, 2.05) is 31.2 Å². The van der Waals surface area contributed by atoms with Crippen molar-refractivity contribution in [3.8, 4) is 11.6 Å². The third kappa shape index (κ3) is 5.35. The van der Waals surface area contributed by atoms with Crippen LogP contribution >= 0.6 is 0 Å². The number of ether oxygens (including phenoxy) is 1. The number of nitrogens with zero attached hydrogens (tertiary/aromatic N) is 2. The normalized spacial score (nSPS) is 11.7. The van der Waals surface area contributed by atoms with Crippen LogP contribution in [0, 0.1) is 16.0 Å². The van der Waals surface area contributed by atoms with E-state index in [1.54, 1.807) is 0 Å². The molecule has 24 heavy (non-hydrogen) atoms. The summed E-state index contributed by atoms with van der Waals surface area (Å²) in [5.74, 6) is 0.873. The van der Waals surface area contributed by atoms with E-state index in [-0.39, 0.29) is 17.5 Å². The maximum atomic E-state index is 10.9. The summed E-state index contributed by atoms with van der Waals surface area (Å²) in [4.78, 5) is 24.8. The molecule has 1 atom stereocenters. The van der Waals surface area contributed by atoms with E-state index in [4.69, 9.17) is 10.5 Å². The standard InChI is InChI=1S/C17H19N3O4/c1-12(10-16(18)21)2-3-13-4-7-15(8-5-13)24-17-9-6-14(11-19-17)20(22)23/h4-9,11-12H,2-3,10H2,1H3,(H2,18,21)/t12-/m0/s1. The molecule has 0 saturated heterocycles. The van der Waals surface area contributed by atoms with E-state index in [0.717, 1.165) is 24.6 Å². The number of pyridine rings is 1. The van der Waals surface area contributed by atoms with Crippen LogP contribution in [0.1, 0.15) is 25.3 Å². The van der Waals surface area contributed by atoms with Crippen molar-refractivity contribution >= 4 is 11.6 Å². The number of amides is 1. The van der Waals surface area contributed by atoms with Crippen molar-refractivity contribution in [1.82, 2.24) is 4.98 Å². The van der Waals surface area contributed by atoms with Crippen molar-refractivity contribution < 1.29 is 14.5 Å². The van der Waals surface area contributed by atoms with Crippen molar-refractivity contribution in [2.45, 2.75) is 26.2 Å². The van der Waals surface area contributed by atoms with E-state index in [1.165, 1.54) is 12.1 Å². The molecule has 1 heterocycles. The molecular weight excluding hydrogens is 310 g/mol. The van der Waals surface area contributed by atoms with Crippen LogP contribution in [0.4, 0.5) is 5.69 Å². The van der Waals surface area contributed by atoms with Gasteiger partial charge >= 0.3 is 0 Å². The van der Waals surface area contributed by atoms with Gasteiger partial charge < -0.3 is 10.5 Å². The average molecular weight is 329 g/mol. The van der Waals surface area contributed by atoms with Crippen LogP contribution in [0.3, 0.4) is 0 Å². The molecule has 0 radical (unpaired) electrons. The third-order valence-corrected chi connectivity index (χ3v) is 3.55. The van der Waals surface area contributed by atoms with Crippen molar-refractivity contribution in [2.75, 3.05) is 0 Å². The molecule has 0 bridgehead atoms. The summed E-state index contributed by atoms with van der Waals surface area (Å²) in [6.07, 6.45) is 3.29. The number of carbonyl (C=O) groups excluding carboxylic acids is 1. The second-order valence-electron chi connectivity index (χ2n) is 5.67. The summed E-state index contributed by atoms with van der Waals surface area (Å²) in [7, 11) is 0. The zero-order valence-corrected chi connectivity index (χ0v) is 13.3. The van der Waals surface area contributed by atoms with Crippen LogP contribution in [-0.2, 0) is 11.2 Å². The van der Waals surface area contributed by atoms with E-state index >= 15 is 0 Å². The lowest BCUT2D eigenvalue weighted by Gasteiger charge is -2.09. The summed E-state index contributed by atoms with van der Waals surface area (Å²) in [5, 5.41) is 10.6. The Morgan fingerprint density at radius 3 is 2.54 bits per heavy atom. The van der Waals surface area contributed by atoms with Gasteiger partial charge in [-0.2, -0.15) is 0 Å². The lowest BCUT2D eigenvalue weighted by molar-refractivity contribution is -0.385. The Labute approximate surface area is 139 Å².